The molecule has 1 aromatic heterocycles. The first-order valence-corrected chi connectivity index (χ1v) is 9.71. The first-order valence-electron chi connectivity index (χ1n) is 8.54. The molecule has 2 heterocycles. The van der Waals surface area contributed by atoms with Gasteiger partial charge in [-0.25, -0.2) is 0 Å². The molecule has 3 rings (SSSR count). The first-order chi connectivity index (χ1) is 12.9. The van der Waals surface area contributed by atoms with Crippen LogP contribution in [0.3, 0.4) is 0 Å². The SMILES string of the molecule is O=C(CCn1cc(Br)c([N+](=O)[O-])n1)N1CCN(Cc2ccc(Cl)cc2)CC1. The van der Waals surface area contributed by atoms with Crippen molar-refractivity contribution in [2.45, 2.75) is 19.5 Å². The third kappa shape index (κ3) is 5.27. The van der Waals surface area contributed by atoms with E-state index in [2.05, 4.69) is 25.9 Å². The lowest BCUT2D eigenvalue weighted by atomic mass is 10.2. The summed E-state index contributed by atoms with van der Waals surface area (Å²) in [7, 11) is 0. The van der Waals surface area contributed by atoms with Crippen molar-refractivity contribution in [2.75, 3.05) is 26.2 Å². The second-order valence-corrected chi connectivity index (χ2v) is 7.64. The number of hydrogen-bond acceptors (Lipinski definition) is 5. The van der Waals surface area contributed by atoms with Crippen LogP contribution in [0.5, 0.6) is 0 Å². The Morgan fingerprint density at radius 3 is 2.48 bits per heavy atom. The van der Waals surface area contributed by atoms with Crippen LogP contribution in [-0.2, 0) is 17.9 Å². The summed E-state index contributed by atoms with van der Waals surface area (Å²) in [5, 5.41) is 15.4. The number of piperazine rings is 1. The highest BCUT2D eigenvalue weighted by atomic mass is 79.9. The third-order valence-electron chi connectivity index (χ3n) is 4.47. The highest BCUT2D eigenvalue weighted by Gasteiger charge is 2.23. The highest BCUT2D eigenvalue weighted by molar-refractivity contribution is 9.10. The van der Waals surface area contributed by atoms with Crippen LogP contribution in [0.15, 0.2) is 34.9 Å². The number of nitro groups is 1. The van der Waals surface area contributed by atoms with Crippen LogP contribution >= 0.6 is 27.5 Å². The van der Waals surface area contributed by atoms with E-state index in [0.29, 0.717) is 24.1 Å². The Morgan fingerprint density at radius 1 is 1.22 bits per heavy atom. The number of halogens is 2. The standard InChI is InChI=1S/C17H19BrClN5O3/c18-15-12-23(20-17(15)24(26)27)6-5-16(25)22-9-7-21(8-10-22)11-13-1-3-14(19)4-2-13/h1-4,12H,5-11H2. The molecule has 1 aromatic carbocycles. The van der Waals surface area contributed by atoms with Gasteiger partial charge < -0.3 is 15.0 Å². The molecule has 0 saturated carbocycles. The summed E-state index contributed by atoms with van der Waals surface area (Å²) in [5.74, 6) is -0.200. The van der Waals surface area contributed by atoms with Crippen LogP contribution in [0, 0.1) is 10.1 Å². The summed E-state index contributed by atoms with van der Waals surface area (Å²) >= 11 is 9.01. The number of carbonyl (C=O) groups excluding carboxylic acids is 1. The molecule has 0 bridgehead atoms. The molecule has 2 aromatic rings. The van der Waals surface area contributed by atoms with Gasteiger partial charge in [-0.1, -0.05) is 23.7 Å². The highest BCUT2D eigenvalue weighted by Crippen LogP contribution is 2.22. The number of rotatable bonds is 6. The molecule has 27 heavy (non-hydrogen) atoms. The van der Waals surface area contributed by atoms with Crippen LogP contribution in [0.25, 0.3) is 0 Å². The summed E-state index contributed by atoms with van der Waals surface area (Å²) in [4.78, 5) is 26.8. The predicted molar refractivity (Wildman–Crippen MR) is 105 cm³/mol. The largest absolute Gasteiger partial charge is 0.404 e. The van der Waals surface area contributed by atoms with Crippen molar-refractivity contribution in [1.29, 1.82) is 0 Å². The lowest BCUT2D eigenvalue weighted by molar-refractivity contribution is -0.390. The number of hydrogen-bond donors (Lipinski definition) is 0. The van der Waals surface area contributed by atoms with Gasteiger partial charge in [0.15, 0.2) is 0 Å². The molecule has 0 unspecified atom stereocenters. The van der Waals surface area contributed by atoms with Gasteiger partial charge in [-0.2, -0.15) is 4.68 Å². The topological polar surface area (TPSA) is 84.5 Å². The molecule has 144 valence electrons. The van der Waals surface area contributed by atoms with E-state index in [4.69, 9.17) is 11.6 Å². The van der Waals surface area contributed by atoms with Crippen LogP contribution in [0.1, 0.15) is 12.0 Å². The van der Waals surface area contributed by atoms with Crippen LogP contribution < -0.4 is 0 Å². The van der Waals surface area contributed by atoms with E-state index in [1.165, 1.54) is 16.4 Å². The minimum Gasteiger partial charge on any atom is -0.358 e. The van der Waals surface area contributed by atoms with Crippen molar-refractivity contribution < 1.29 is 9.72 Å². The minimum absolute atomic E-state index is 0.0374. The maximum absolute atomic E-state index is 12.4. The van der Waals surface area contributed by atoms with Crippen molar-refractivity contribution >= 4 is 39.3 Å². The zero-order valence-electron chi connectivity index (χ0n) is 14.6. The van der Waals surface area contributed by atoms with Gasteiger partial charge >= 0.3 is 5.82 Å². The molecule has 1 aliphatic rings. The molecular weight excluding hydrogens is 438 g/mol. The van der Waals surface area contributed by atoms with E-state index in [-0.39, 0.29) is 18.1 Å². The van der Waals surface area contributed by atoms with Crippen LogP contribution in [-0.4, -0.2) is 56.6 Å². The van der Waals surface area contributed by atoms with Gasteiger partial charge in [0.2, 0.25) is 5.91 Å². The smallest absolute Gasteiger partial charge is 0.358 e. The molecule has 1 fully saturated rings. The van der Waals surface area contributed by atoms with E-state index < -0.39 is 4.92 Å². The Balaban J connectivity index is 1.45. The molecule has 0 atom stereocenters. The van der Waals surface area contributed by atoms with Gasteiger partial charge in [-0.05, 0) is 38.5 Å². The van der Waals surface area contributed by atoms with Gasteiger partial charge in [-0.3, -0.25) is 9.69 Å². The zero-order chi connectivity index (χ0) is 19.4. The molecular formula is C17H19BrClN5O3. The summed E-state index contributed by atoms with van der Waals surface area (Å²) in [6.45, 7) is 4.13. The van der Waals surface area contributed by atoms with Crippen molar-refractivity contribution in [1.82, 2.24) is 19.6 Å². The van der Waals surface area contributed by atoms with Gasteiger partial charge in [0.1, 0.15) is 4.47 Å². The maximum Gasteiger partial charge on any atom is 0.404 e. The number of benzene rings is 1. The average molecular weight is 457 g/mol. The fraction of sp³-hybridized carbons (Fsp3) is 0.412. The normalized spacial score (nSPS) is 15.1. The predicted octanol–water partition coefficient (Wildman–Crippen LogP) is 2.94. The lowest BCUT2D eigenvalue weighted by Gasteiger charge is -2.34. The van der Waals surface area contributed by atoms with Crippen LogP contribution in [0.4, 0.5) is 5.82 Å². The van der Waals surface area contributed by atoms with Gasteiger partial charge in [0.05, 0.1) is 17.8 Å². The number of carbonyl (C=O) groups is 1. The van der Waals surface area contributed by atoms with Crippen molar-refractivity contribution in [3.8, 4) is 0 Å². The Labute approximate surface area is 170 Å². The molecule has 0 spiro atoms. The quantitative estimate of drug-likeness (QED) is 0.493. The zero-order valence-corrected chi connectivity index (χ0v) is 16.9. The van der Waals surface area contributed by atoms with Crippen molar-refractivity contribution in [2.24, 2.45) is 0 Å². The molecule has 10 heteroatoms. The molecule has 0 N–H and O–H groups in total. The summed E-state index contributed by atoms with van der Waals surface area (Å²) in [5.41, 5.74) is 1.20. The summed E-state index contributed by atoms with van der Waals surface area (Å²) < 4.78 is 1.74. The van der Waals surface area contributed by atoms with E-state index >= 15 is 0 Å². The number of amides is 1. The average Bonchev–Trinajstić information content (AvgIpc) is 3.03. The van der Waals surface area contributed by atoms with Crippen molar-refractivity contribution in [3.05, 3.63) is 55.6 Å². The Hall–Kier alpha value is -1.97. The monoisotopic (exact) mass is 455 g/mol. The molecule has 1 aliphatic heterocycles. The minimum atomic E-state index is -0.553. The Bertz CT molecular complexity index is 818. The van der Waals surface area contributed by atoms with E-state index in [0.717, 1.165) is 24.7 Å². The fourth-order valence-electron chi connectivity index (χ4n) is 3.00. The molecule has 0 aliphatic carbocycles. The van der Waals surface area contributed by atoms with Gasteiger partial charge in [0.25, 0.3) is 0 Å². The van der Waals surface area contributed by atoms with E-state index in [1.54, 1.807) is 0 Å². The van der Waals surface area contributed by atoms with Gasteiger partial charge in [-0.15, -0.1) is 0 Å². The number of aromatic nitrogens is 2. The molecule has 1 amide bonds. The Kier molecular flexibility index (Phi) is 6.46. The third-order valence-corrected chi connectivity index (χ3v) is 5.28. The first kappa shape index (κ1) is 19.8. The fourth-order valence-corrected chi connectivity index (χ4v) is 3.58. The molecule has 1 saturated heterocycles. The summed E-state index contributed by atoms with van der Waals surface area (Å²) in [6, 6.07) is 7.80. The van der Waals surface area contributed by atoms with Crippen LogP contribution in [0.2, 0.25) is 5.02 Å². The second kappa shape index (κ2) is 8.81. The van der Waals surface area contributed by atoms with E-state index in [1.807, 2.05) is 29.2 Å². The van der Waals surface area contributed by atoms with E-state index in [9.17, 15) is 14.9 Å². The Morgan fingerprint density at radius 2 is 1.89 bits per heavy atom. The lowest BCUT2D eigenvalue weighted by Crippen LogP contribution is -2.48. The molecule has 0 radical (unpaired) electrons. The molecule has 8 nitrogen and oxygen atoms in total. The second-order valence-electron chi connectivity index (χ2n) is 6.35. The summed E-state index contributed by atoms with van der Waals surface area (Å²) in [6.07, 6.45) is 1.79. The van der Waals surface area contributed by atoms with Crippen molar-refractivity contribution in [3.63, 3.8) is 0 Å². The number of nitrogens with zero attached hydrogens (tertiary/aromatic N) is 5. The number of aryl methyl sites for hydroxylation is 1. The van der Waals surface area contributed by atoms with Gasteiger partial charge in [0, 0.05) is 44.2 Å². The maximum atomic E-state index is 12.4.